The molecule has 84 valence electrons. The fourth-order valence-electron chi connectivity index (χ4n) is 1.05. The van der Waals surface area contributed by atoms with Crippen molar-refractivity contribution in [3.8, 4) is 0 Å². The molecule has 0 amide bonds. The number of nitrogen functional groups attached to an aromatic ring is 1. The van der Waals surface area contributed by atoms with Crippen LogP contribution in [0.2, 0.25) is 0 Å². The molecule has 0 unspecified atom stereocenters. The van der Waals surface area contributed by atoms with Gasteiger partial charge in [0.2, 0.25) is 5.95 Å². The Hall–Kier alpha value is -1.36. The minimum atomic E-state index is 0.576. The molecule has 0 aliphatic heterocycles. The van der Waals surface area contributed by atoms with Crippen molar-refractivity contribution in [2.45, 2.75) is 19.8 Å². The van der Waals surface area contributed by atoms with E-state index in [0.29, 0.717) is 11.6 Å². The van der Waals surface area contributed by atoms with E-state index >= 15 is 0 Å². The van der Waals surface area contributed by atoms with Crippen LogP contribution < -0.4 is 11.1 Å². The lowest BCUT2D eigenvalue weighted by Crippen LogP contribution is -2.08. The molecule has 1 aromatic rings. The van der Waals surface area contributed by atoms with Gasteiger partial charge in [0, 0.05) is 19.8 Å². The maximum Gasteiger partial charge on any atom is 0.222 e. The first kappa shape index (κ1) is 11.7. The Kier molecular flexibility index (Phi) is 5.47. The van der Waals surface area contributed by atoms with E-state index in [1.807, 2.05) is 0 Å². The molecule has 5 nitrogen and oxygen atoms in total. The van der Waals surface area contributed by atoms with Crippen molar-refractivity contribution in [3.05, 3.63) is 12.4 Å². The Morgan fingerprint density at radius 1 is 1.33 bits per heavy atom. The van der Waals surface area contributed by atoms with E-state index < -0.39 is 0 Å². The largest absolute Gasteiger partial charge is 0.396 e. The first-order chi connectivity index (χ1) is 7.33. The summed E-state index contributed by atoms with van der Waals surface area (Å²) in [6.45, 7) is 4.52. The molecule has 0 aromatic carbocycles. The summed E-state index contributed by atoms with van der Waals surface area (Å²) >= 11 is 0. The molecule has 0 atom stereocenters. The number of ether oxygens (including phenoxy) is 1. The Bertz CT molecular complexity index is 263. The highest BCUT2D eigenvalue weighted by atomic mass is 16.5. The second-order valence-electron chi connectivity index (χ2n) is 3.23. The third kappa shape index (κ3) is 5.17. The number of anilines is 2. The number of aromatic nitrogens is 2. The lowest BCUT2D eigenvalue weighted by atomic mass is 10.4. The summed E-state index contributed by atoms with van der Waals surface area (Å²) in [6, 6.07) is 0. The molecular formula is C10H18N4O. The summed E-state index contributed by atoms with van der Waals surface area (Å²) in [5.74, 6) is 0.611. The Balaban J connectivity index is 2.07. The van der Waals surface area contributed by atoms with Crippen LogP contribution in [0.5, 0.6) is 0 Å². The average molecular weight is 210 g/mol. The lowest BCUT2D eigenvalue weighted by molar-refractivity contribution is 0.134. The molecule has 0 saturated carbocycles. The van der Waals surface area contributed by atoms with Gasteiger partial charge in [-0.1, -0.05) is 6.92 Å². The van der Waals surface area contributed by atoms with E-state index in [4.69, 9.17) is 10.5 Å². The number of nitrogens with zero attached hydrogens (tertiary/aromatic N) is 2. The zero-order valence-electron chi connectivity index (χ0n) is 9.07. The van der Waals surface area contributed by atoms with Crippen molar-refractivity contribution in [2.75, 3.05) is 30.8 Å². The first-order valence-corrected chi connectivity index (χ1v) is 5.22. The molecular weight excluding hydrogens is 192 g/mol. The normalized spacial score (nSPS) is 10.2. The summed E-state index contributed by atoms with van der Waals surface area (Å²) in [5, 5.41) is 3.09. The second-order valence-corrected chi connectivity index (χ2v) is 3.23. The summed E-state index contributed by atoms with van der Waals surface area (Å²) < 4.78 is 5.34. The molecule has 0 fully saturated rings. The molecule has 0 aliphatic rings. The minimum absolute atomic E-state index is 0.576. The van der Waals surface area contributed by atoms with Gasteiger partial charge in [-0.2, -0.15) is 0 Å². The zero-order valence-corrected chi connectivity index (χ0v) is 9.07. The average Bonchev–Trinajstić information content (AvgIpc) is 2.26. The van der Waals surface area contributed by atoms with Crippen molar-refractivity contribution in [3.63, 3.8) is 0 Å². The highest BCUT2D eigenvalue weighted by Gasteiger charge is 1.94. The topological polar surface area (TPSA) is 73.1 Å². The van der Waals surface area contributed by atoms with Gasteiger partial charge in [0.05, 0.1) is 18.1 Å². The highest BCUT2D eigenvalue weighted by Crippen LogP contribution is 2.00. The van der Waals surface area contributed by atoms with Crippen LogP contribution in [0.1, 0.15) is 19.8 Å². The van der Waals surface area contributed by atoms with Gasteiger partial charge < -0.3 is 15.8 Å². The van der Waals surface area contributed by atoms with Gasteiger partial charge in [0.1, 0.15) is 0 Å². The third-order valence-electron chi connectivity index (χ3n) is 1.77. The van der Waals surface area contributed by atoms with Crippen LogP contribution in [0, 0.1) is 0 Å². The predicted molar refractivity (Wildman–Crippen MR) is 60.7 cm³/mol. The molecule has 15 heavy (non-hydrogen) atoms. The van der Waals surface area contributed by atoms with Gasteiger partial charge in [-0.3, -0.25) is 0 Å². The molecule has 0 bridgehead atoms. The minimum Gasteiger partial charge on any atom is -0.396 e. The van der Waals surface area contributed by atoms with Crippen molar-refractivity contribution in [1.29, 1.82) is 0 Å². The monoisotopic (exact) mass is 210 g/mol. The molecule has 1 heterocycles. The van der Waals surface area contributed by atoms with Crippen LogP contribution in [0.15, 0.2) is 12.4 Å². The Labute approximate surface area is 90.1 Å². The van der Waals surface area contributed by atoms with E-state index in [9.17, 15) is 0 Å². The molecule has 5 heteroatoms. The fourth-order valence-corrected chi connectivity index (χ4v) is 1.05. The summed E-state index contributed by atoms with van der Waals surface area (Å²) in [7, 11) is 0. The van der Waals surface area contributed by atoms with E-state index in [0.717, 1.165) is 32.6 Å². The van der Waals surface area contributed by atoms with Crippen molar-refractivity contribution in [2.24, 2.45) is 0 Å². The molecule has 1 aromatic heterocycles. The van der Waals surface area contributed by atoms with Gasteiger partial charge in [0.15, 0.2) is 0 Å². The third-order valence-corrected chi connectivity index (χ3v) is 1.77. The summed E-state index contributed by atoms with van der Waals surface area (Å²) in [6.07, 6.45) is 5.19. The quantitative estimate of drug-likeness (QED) is 0.663. The number of nitrogens with two attached hydrogens (primary N) is 1. The highest BCUT2D eigenvalue weighted by molar-refractivity contribution is 5.35. The summed E-state index contributed by atoms with van der Waals surface area (Å²) in [4.78, 5) is 8.05. The van der Waals surface area contributed by atoms with Crippen LogP contribution >= 0.6 is 0 Å². The number of nitrogens with one attached hydrogen (secondary N) is 1. The molecule has 0 aliphatic carbocycles. The van der Waals surface area contributed by atoms with Crippen molar-refractivity contribution >= 4 is 11.6 Å². The van der Waals surface area contributed by atoms with E-state index in [2.05, 4.69) is 22.2 Å². The number of hydrogen-bond donors (Lipinski definition) is 2. The van der Waals surface area contributed by atoms with E-state index in [1.54, 1.807) is 12.4 Å². The first-order valence-electron chi connectivity index (χ1n) is 5.22. The predicted octanol–water partition coefficient (Wildman–Crippen LogP) is 1.29. The van der Waals surface area contributed by atoms with Crippen LogP contribution in [-0.4, -0.2) is 29.7 Å². The Morgan fingerprint density at radius 3 is 2.73 bits per heavy atom. The van der Waals surface area contributed by atoms with Crippen molar-refractivity contribution < 1.29 is 4.74 Å². The van der Waals surface area contributed by atoms with Gasteiger partial charge in [-0.25, -0.2) is 9.97 Å². The van der Waals surface area contributed by atoms with Gasteiger partial charge in [-0.15, -0.1) is 0 Å². The van der Waals surface area contributed by atoms with E-state index in [1.165, 1.54) is 0 Å². The SMILES string of the molecule is CCCOCCCNc1ncc(N)cn1. The smallest absolute Gasteiger partial charge is 0.222 e. The maximum absolute atomic E-state index is 5.46. The molecule has 0 saturated heterocycles. The summed E-state index contributed by atoms with van der Waals surface area (Å²) in [5.41, 5.74) is 6.04. The number of hydrogen-bond acceptors (Lipinski definition) is 5. The molecule has 3 N–H and O–H groups in total. The van der Waals surface area contributed by atoms with Crippen LogP contribution in [0.4, 0.5) is 11.6 Å². The van der Waals surface area contributed by atoms with Crippen LogP contribution in [0.25, 0.3) is 0 Å². The molecule has 0 spiro atoms. The second kappa shape index (κ2) is 7.00. The van der Waals surface area contributed by atoms with Gasteiger partial charge in [0.25, 0.3) is 0 Å². The van der Waals surface area contributed by atoms with Gasteiger partial charge in [-0.05, 0) is 12.8 Å². The number of rotatable bonds is 7. The fraction of sp³-hybridized carbons (Fsp3) is 0.600. The van der Waals surface area contributed by atoms with E-state index in [-0.39, 0.29) is 0 Å². The molecule has 1 rings (SSSR count). The maximum atomic E-state index is 5.46. The van der Waals surface area contributed by atoms with Gasteiger partial charge >= 0.3 is 0 Å². The van der Waals surface area contributed by atoms with Crippen LogP contribution in [-0.2, 0) is 4.74 Å². The van der Waals surface area contributed by atoms with Crippen LogP contribution in [0.3, 0.4) is 0 Å². The Morgan fingerprint density at radius 2 is 2.07 bits per heavy atom. The zero-order chi connectivity index (χ0) is 10.9. The lowest BCUT2D eigenvalue weighted by Gasteiger charge is -2.04. The van der Waals surface area contributed by atoms with Crippen molar-refractivity contribution in [1.82, 2.24) is 9.97 Å². The standard InChI is InChI=1S/C10H18N4O/c1-2-5-15-6-3-4-12-10-13-7-9(11)8-14-10/h7-8H,2-6,11H2,1H3,(H,12,13,14). The molecule has 0 radical (unpaired) electrons.